The number of carboxylic acid groups (broad SMARTS) is 1. The molecule has 0 aliphatic heterocycles. The highest BCUT2D eigenvalue weighted by atomic mass is 16.4. The molecule has 2 aromatic rings. The number of aliphatic carboxylic acids is 1. The first-order chi connectivity index (χ1) is 12.8. The Morgan fingerprint density at radius 2 is 1.63 bits per heavy atom. The molecule has 3 rings (SSSR count). The summed E-state index contributed by atoms with van der Waals surface area (Å²) in [5, 5.41) is 9.61. The molecule has 138 valence electrons. The number of benzene rings is 1. The minimum atomic E-state index is -0.989. The highest BCUT2D eigenvalue weighted by molar-refractivity contribution is 6.30. The number of carbonyl (C=O) groups is 1. The lowest BCUT2D eigenvalue weighted by atomic mass is 9.90. The van der Waals surface area contributed by atoms with Crippen LogP contribution in [0.3, 0.4) is 0 Å². The van der Waals surface area contributed by atoms with Crippen LogP contribution in [0.4, 0.5) is 0 Å². The number of carboxylic acids is 1. The first-order valence-corrected chi connectivity index (χ1v) is 8.98. The molecule has 0 spiro atoms. The lowest BCUT2D eigenvalue weighted by Gasteiger charge is -2.17. The zero-order valence-electron chi connectivity index (χ0n) is 16.2. The first kappa shape index (κ1) is 18.6. The van der Waals surface area contributed by atoms with Crippen molar-refractivity contribution >= 4 is 17.3 Å². The number of allylic oxidation sites excluding steroid dienone is 4. The molecule has 0 saturated carbocycles. The SMILES string of the molecule is C=C1C=C(c2ccc(-n3c(C)ccc3C)cc2)C=C(C(=O)O)C1=NC(C)C. The third-order valence-electron chi connectivity index (χ3n) is 4.54. The molecule has 1 aromatic carbocycles. The Balaban J connectivity index is 2.00. The number of aliphatic imine (C=N–C) groups is 1. The van der Waals surface area contributed by atoms with Gasteiger partial charge in [0.15, 0.2) is 0 Å². The lowest BCUT2D eigenvalue weighted by molar-refractivity contribution is -0.132. The van der Waals surface area contributed by atoms with E-state index in [4.69, 9.17) is 0 Å². The average molecular weight is 360 g/mol. The monoisotopic (exact) mass is 360 g/mol. The number of nitrogens with zero attached hydrogens (tertiary/aromatic N) is 2. The molecular formula is C23H24N2O2. The molecule has 27 heavy (non-hydrogen) atoms. The molecule has 4 nitrogen and oxygen atoms in total. The largest absolute Gasteiger partial charge is 0.478 e. The zero-order valence-corrected chi connectivity index (χ0v) is 16.2. The Morgan fingerprint density at radius 1 is 1.04 bits per heavy atom. The number of aryl methyl sites for hydroxylation is 2. The summed E-state index contributed by atoms with van der Waals surface area (Å²) in [5.41, 5.74) is 6.47. The van der Waals surface area contributed by atoms with Crippen LogP contribution >= 0.6 is 0 Å². The van der Waals surface area contributed by atoms with E-state index in [9.17, 15) is 9.90 Å². The van der Waals surface area contributed by atoms with Crippen molar-refractivity contribution in [2.45, 2.75) is 33.7 Å². The van der Waals surface area contributed by atoms with E-state index in [1.54, 1.807) is 6.08 Å². The van der Waals surface area contributed by atoms with E-state index in [0.717, 1.165) is 16.8 Å². The number of rotatable bonds is 4. The summed E-state index contributed by atoms with van der Waals surface area (Å²) in [5.74, 6) is -0.989. The molecule has 0 atom stereocenters. The van der Waals surface area contributed by atoms with Crippen molar-refractivity contribution in [2.24, 2.45) is 4.99 Å². The first-order valence-electron chi connectivity index (χ1n) is 8.98. The molecule has 1 N–H and O–H groups in total. The molecule has 0 radical (unpaired) electrons. The third-order valence-corrected chi connectivity index (χ3v) is 4.54. The third kappa shape index (κ3) is 3.70. The summed E-state index contributed by atoms with van der Waals surface area (Å²) in [6, 6.07) is 12.3. The maximum absolute atomic E-state index is 11.7. The molecule has 0 saturated heterocycles. The highest BCUT2D eigenvalue weighted by Gasteiger charge is 2.22. The van der Waals surface area contributed by atoms with Gasteiger partial charge in [-0.15, -0.1) is 0 Å². The summed E-state index contributed by atoms with van der Waals surface area (Å²) >= 11 is 0. The number of aromatic nitrogens is 1. The Hall–Kier alpha value is -3.14. The van der Waals surface area contributed by atoms with E-state index in [1.165, 1.54) is 11.4 Å². The standard InChI is InChI=1S/C23H24N2O2/c1-14(2)24-22-15(3)12-19(13-21(22)23(26)27)18-8-10-20(11-9-18)25-16(4)6-7-17(25)5/h6-14H,3H2,1-2,4-5H3,(H,26,27). The fourth-order valence-corrected chi connectivity index (χ4v) is 3.31. The smallest absolute Gasteiger partial charge is 0.337 e. The molecule has 0 unspecified atom stereocenters. The summed E-state index contributed by atoms with van der Waals surface area (Å²) in [6.07, 6.45) is 3.58. The molecule has 0 amide bonds. The molecular weight excluding hydrogens is 336 g/mol. The summed E-state index contributed by atoms with van der Waals surface area (Å²) in [4.78, 5) is 16.2. The van der Waals surface area contributed by atoms with Crippen LogP contribution in [0.25, 0.3) is 11.3 Å². The molecule has 0 fully saturated rings. The van der Waals surface area contributed by atoms with Gasteiger partial charge in [0.05, 0.1) is 11.3 Å². The van der Waals surface area contributed by atoms with Crippen LogP contribution in [0.1, 0.15) is 30.8 Å². The Morgan fingerprint density at radius 3 is 2.15 bits per heavy atom. The van der Waals surface area contributed by atoms with E-state index < -0.39 is 5.97 Å². The maximum atomic E-state index is 11.7. The van der Waals surface area contributed by atoms with Crippen molar-refractivity contribution in [3.8, 4) is 5.69 Å². The zero-order chi connectivity index (χ0) is 19.7. The van der Waals surface area contributed by atoms with Gasteiger partial charge in [0.25, 0.3) is 0 Å². The van der Waals surface area contributed by atoms with Gasteiger partial charge in [0.2, 0.25) is 0 Å². The fraction of sp³-hybridized carbons (Fsp3) is 0.217. The van der Waals surface area contributed by atoms with Crippen molar-refractivity contribution in [1.29, 1.82) is 0 Å². The van der Waals surface area contributed by atoms with Gasteiger partial charge >= 0.3 is 5.97 Å². The number of hydrogen-bond acceptors (Lipinski definition) is 2. The molecule has 1 heterocycles. The predicted molar refractivity (Wildman–Crippen MR) is 111 cm³/mol. The summed E-state index contributed by atoms with van der Waals surface area (Å²) in [6.45, 7) is 12.0. The average Bonchev–Trinajstić information content (AvgIpc) is 2.94. The van der Waals surface area contributed by atoms with E-state index in [1.807, 2.05) is 44.2 Å². The molecule has 1 aliphatic carbocycles. The minimum absolute atomic E-state index is 0.00165. The van der Waals surface area contributed by atoms with Crippen LogP contribution in [0.5, 0.6) is 0 Å². The van der Waals surface area contributed by atoms with Crippen LogP contribution in [-0.2, 0) is 4.79 Å². The van der Waals surface area contributed by atoms with Crippen LogP contribution in [0, 0.1) is 13.8 Å². The maximum Gasteiger partial charge on any atom is 0.337 e. The van der Waals surface area contributed by atoms with Crippen LogP contribution < -0.4 is 0 Å². The molecule has 4 heteroatoms. The topological polar surface area (TPSA) is 54.6 Å². The van der Waals surface area contributed by atoms with E-state index in [-0.39, 0.29) is 11.6 Å². The van der Waals surface area contributed by atoms with Crippen molar-refractivity contribution in [3.05, 3.63) is 83.2 Å². The summed E-state index contributed by atoms with van der Waals surface area (Å²) < 4.78 is 2.18. The van der Waals surface area contributed by atoms with Gasteiger partial charge in [-0.05, 0) is 80.8 Å². The highest BCUT2D eigenvalue weighted by Crippen LogP contribution is 2.28. The van der Waals surface area contributed by atoms with Gasteiger partial charge in [-0.1, -0.05) is 18.7 Å². The number of hydrogen-bond donors (Lipinski definition) is 1. The Kier molecular flexibility index (Phi) is 5.00. The second kappa shape index (κ2) is 7.23. The Labute approximate surface area is 159 Å². The van der Waals surface area contributed by atoms with Gasteiger partial charge in [0.1, 0.15) is 0 Å². The van der Waals surface area contributed by atoms with Crippen LogP contribution in [0.2, 0.25) is 0 Å². The second-order valence-corrected chi connectivity index (χ2v) is 7.06. The van der Waals surface area contributed by atoms with Crippen LogP contribution in [0.15, 0.2) is 71.3 Å². The summed E-state index contributed by atoms with van der Waals surface area (Å²) in [7, 11) is 0. The molecule has 0 bridgehead atoms. The molecule has 1 aliphatic rings. The van der Waals surface area contributed by atoms with Gasteiger partial charge < -0.3 is 9.67 Å². The van der Waals surface area contributed by atoms with E-state index in [2.05, 4.69) is 42.1 Å². The predicted octanol–water partition coefficient (Wildman–Crippen LogP) is 4.91. The quantitative estimate of drug-likeness (QED) is 0.842. The van der Waals surface area contributed by atoms with E-state index >= 15 is 0 Å². The van der Waals surface area contributed by atoms with Crippen molar-refractivity contribution < 1.29 is 9.90 Å². The minimum Gasteiger partial charge on any atom is -0.478 e. The van der Waals surface area contributed by atoms with Crippen molar-refractivity contribution in [3.63, 3.8) is 0 Å². The normalized spacial score (nSPS) is 15.9. The fourth-order valence-electron chi connectivity index (χ4n) is 3.31. The van der Waals surface area contributed by atoms with Gasteiger partial charge in [-0.25, -0.2) is 4.79 Å². The Bertz CT molecular complexity index is 980. The van der Waals surface area contributed by atoms with E-state index in [0.29, 0.717) is 11.3 Å². The van der Waals surface area contributed by atoms with Gasteiger partial charge in [-0.2, -0.15) is 0 Å². The van der Waals surface area contributed by atoms with Crippen molar-refractivity contribution in [2.75, 3.05) is 0 Å². The molecule has 1 aromatic heterocycles. The van der Waals surface area contributed by atoms with Gasteiger partial charge in [0, 0.05) is 23.1 Å². The second-order valence-electron chi connectivity index (χ2n) is 7.06. The van der Waals surface area contributed by atoms with Crippen molar-refractivity contribution in [1.82, 2.24) is 4.57 Å². The van der Waals surface area contributed by atoms with Gasteiger partial charge in [-0.3, -0.25) is 4.99 Å². The van der Waals surface area contributed by atoms with Crippen LogP contribution in [-0.4, -0.2) is 27.4 Å². The lowest BCUT2D eigenvalue weighted by Crippen LogP contribution is -2.18.